The van der Waals surface area contributed by atoms with E-state index < -0.39 is 16.1 Å². The lowest BCUT2D eigenvalue weighted by atomic mass is 10.2. The Labute approximate surface area is 129 Å². The Morgan fingerprint density at radius 2 is 1.59 bits per heavy atom. The summed E-state index contributed by atoms with van der Waals surface area (Å²) in [5.74, 6) is 0. The van der Waals surface area contributed by atoms with Gasteiger partial charge in [-0.05, 0) is 55.3 Å². The van der Waals surface area contributed by atoms with Crippen LogP contribution < -0.4 is 15.8 Å². The predicted octanol–water partition coefficient (Wildman–Crippen LogP) is 2.59. The van der Waals surface area contributed by atoms with E-state index in [1.807, 2.05) is 13.0 Å². The summed E-state index contributed by atoms with van der Waals surface area (Å²) in [4.78, 5) is 11.0. The first-order valence-corrected chi connectivity index (χ1v) is 8.03. The maximum atomic E-state index is 12.4. The number of carbonyl (C=O) groups is 1. The van der Waals surface area contributed by atoms with Crippen molar-refractivity contribution in [3.05, 3.63) is 53.6 Å². The van der Waals surface area contributed by atoms with E-state index in [1.165, 1.54) is 0 Å². The minimum atomic E-state index is -3.66. The number of amides is 2. The third-order valence-corrected chi connectivity index (χ3v) is 4.56. The first kappa shape index (κ1) is 15.8. The van der Waals surface area contributed by atoms with Gasteiger partial charge in [-0.2, -0.15) is 0 Å². The molecule has 0 aliphatic rings. The molecule has 7 heteroatoms. The van der Waals surface area contributed by atoms with Crippen LogP contribution in [0, 0.1) is 13.8 Å². The number of hydrogen-bond acceptors (Lipinski definition) is 3. The summed E-state index contributed by atoms with van der Waals surface area (Å²) in [6.07, 6.45) is 0. The van der Waals surface area contributed by atoms with Crippen molar-refractivity contribution in [2.24, 2.45) is 5.73 Å². The number of benzene rings is 2. The van der Waals surface area contributed by atoms with Crippen LogP contribution in [-0.2, 0) is 10.0 Å². The van der Waals surface area contributed by atoms with Crippen LogP contribution in [0.2, 0.25) is 0 Å². The summed E-state index contributed by atoms with van der Waals surface area (Å²) < 4.78 is 27.4. The number of rotatable bonds is 4. The van der Waals surface area contributed by atoms with E-state index in [1.54, 1.807) is 43.3 Å². The van der Waals surface area contributed by atoms with Gasteiger partial charge in [-0.3, -0.25) is 4.72 Å². The zero-order chi connectivity index (χ0) is 16.3. The lowest BCUT2D eigenvalue weighted by Gasteiger charge is -2.11. The number of anilines is 2. The van der Waals surface area contributed by atoms with E-state index in [2.05, 4.69) is 10.0 Å². The van der Waals surface area contributed by atoms with Crippen LogP contribution in [0.4, 0.5) is 16.2 Å². The molecule has 22 heavy (non-hydrogen) atoms. The fourth-order valence-corrected chi connectivity index (χ4v) is 3.36. The Bertz CT molecular complexity index is 799. The molecule has 0 spiro atoms. The van der Waals surface area contributed by atoms with Crippen LogP contribution in [0.1, 0.15) is 11.1 Å². The minimum Gasteiger partial charge on any atom is -0.351 e. The molecule has 0 unspecified atom stereocenters. The zero-order valence-corrected chi connectivity index (χ0v) is 13.1. The summed E-state index contributed by atoms with van der Waals surface area (Å²) in [6, 6.07) is 10.8. The molecule has 0 radical (unpaired) electrons. The molecule has 0 atom stereocenters. The third-order valence-electron chi connectivity index (χ3n) is 3.04. The Morgan fingerprint density at radius 1 is 1.00 bits per heavy atom. The molecule has 0 saturated carbocycles. The molecular formula is C15H17N3O3S. The topological polar surface area (TPSA) is 101 Å². The molecule has 0 aromatic heterocycles. The first-order chi connectivity index (χ1) is 10.3. The van der Waals surface area contributed by atoms with Crippen molar-refractivity contribution in [2.45, 2.75) is 18.7 Å². The monoisotopic (exact) mass is 319 g/mol. The average Bonchev–Trinajstić information content (AvgIpc) is 2.43. The van der Waals surface area contributed by atoms with Gasteiger partial charge in [-0.1, -0.05) is 12.1 Å². The lowest BCUT2D eigenvalue weighted by molar-refractivity contribution is 0.259. The number of carbonyl (C=O) groups excluding carboxylic acids is 1. The highest BCUT2D eigenvalue weighted by atomic mass is 32.2. The smallest absolute Gasteiger partial charge is 0.316 e. The molecule has 2 amide bonds. The fraction of sp³-hybridized carbons (Fsp3) is 0.133. The molecule has 6 nitrogen and oxygen atoms in total. The average molecular weight is 319 g/mol. The highest BCUT2D eigenvalue weighted by Gasteiger charge is 2.17. The largest absolute Gasteiger partial charge is 0.351 e. The second kappa shape index (κ2) is 6.07. The number of primary amides is 1. The van der Waals surface area contributed by atoms with E-state index in [9.17, 15) is 13.2 Å². The van der Waals surface area contributed by atoms with Crippen LogP contribution in [-0.4, -0.2) is 14.4 Å². The van der Waals surface area contributed by atoms with Crippen LogP contribution in [0.15, 0.2) is 47.4 Å². The number of aryl methyl sites for hydroxylation is 2. The molecular weight excluding hydrogens is 302 g/mol. The lowest BCUT2D eigenvalue weighted by Crippen LogP contribution is -2.19. The fourth-order valence-electron chi connectivity index (χ4n) is 1.97. The van der Waals surface area contributed by atoms with E-state index in [0.717, 1.165) is 5.56 Å². The van der Waals surface area contributed by atoms with Crippen LogP contribution >= 0.6 is 0 Å². The maximum absolute atomic E-state index is 12.4. The van der Waals surface area contributed by atoms with Crippen LogP contribution in [0.5, 0.6) is 0 Å². The summed E-state index contributed by atoms with van der Waals surface area (Å²) in [5, 5.41) is 2.40. The number of hydrogen-bond donors (Lipinski definition) is 3. The standard InChI is InChI=1S/C15H17N3O3S/c1-10-3-4-11(2)14(9-10)22(20,21)18-13-7-5-12(6-8-13)17-15(16)19/h3-9,18H,1-2H3,(H3,16,17,19). The zero-order valence-electron chi connectivity index (χ0n) is 12.3. The van der Waals surface area contributed by atoms with Gasteiger partial charge in [0.1, 0.15) is 0 Å². The third kappa shape index (κ3) is 3.76. The Hall–Kier alpha value is -2.54. The molecule has 4 N–H and O–H groups in total. The Morgan fingerprint density at radius 3 is 2.18 bits per heavy atom. The van der Waals surface area contributed by atoms with E-state index in [-0.39, 0.29) is 4.90 Å². The SMILES string of the molecule is Cc1ccc(C)c(S(=O)(=O)Nc2ccc(NC(N)=O)cc2)c1. The van der Waals surface area contributed by atoms with Gasteiger partial charge >= 0.3 is 6.03 Å². The second-order valence-corrected chi connectivity index (χ2v) is 6.59. The van der Waals surface area contributed by atoms with Gasteiger partial charge in [0.25, 0.3) is 10.0 Å². The molecule has 0 bridgehead atoms. The van der Waals surface area contributed by atoms with Gasteiger partial charge in [-0.15, -0.1) is 0 Å². The van der Waals surface area contributed by atoms with Gasteiger partial charge < -0.3 is 11.1 Å². The summed E-state index contributed by atoms with van der Waals surface area (Å²) >= 11 is 0. The van der Waals surface area contributed by atoms with Gasteiger partial charge in [0.15, 0.2) is 0 Å². The summed E-state index contributed by atoms with van der Waals surface area (Å²) in [5.41, 5.74) is 7.44. The van der Waals surface area contributed by atoms with Gasteiger partial charge in [0.05, 0.1) is 4.90 Å². The molecule has 0 fully saturated rings. The molecule has 0 heterocycles. The van der Waals surface area contributed by atoms with E-state index in [0.29, 0.717) is 16.9 Å². The highest BCUT2D eigenvalue weighted by Crippen LogP contribution is 2.21. The second-order valence-electron chi connectivity index (χ2n) is 4.94. The van der Waals surface area contributed by atoms with Crippen molar-refractivity contribution < 1.29 is 13.2 Å². The molecule has 0 saturated heterocycles. The van der Waals surface area contributed by atoms with Crippen LogP contribution in [0.3, 0.4) is 0 Å². The first-order valence-electron chi connectivity index (χ1n) is 6.54. The number of nitrogens with one attached hydrogen (secondary N) is 2. The molecule has 0 aliphatic carbocycles. The van der Waals surface area contributed by atoms with Crippen molar-refractivity contribution in [1.82, 2.24) is 0 Å². The minimum absolute atomic E-state index is 0.242. The summed E-state index contributed by atoms with van der Waals surface area (Å²) in [7, 11) is -3.66. The van der Waals surface area contributed by atoms with Crippen molar-refractivity contribution in [3.8, 4) is 0 Å². The van der Waals surface area contributed by atoms with Crippen molar-refractivity contribution >= 4 is 27.4 Å². The van der Waals surface area contributed by atoms with Gasteiger partial charge in [0.2, 0.25) is 0 Å². The predicted molar refractivity (Wildman–Crippen MR) is 86.4 cm³/mol. The molecule has 0 aliphatic heterocycles. The van der Waals surface area contributed by atoms with Crippen molar-refractivity contribution in [2.75, 3.05) is 10.0 Å². The maximum Gasteiger partial charge on any atom is 0.316 e. The highest BCUT2D eigenvalue weighted by molar-refractivity contribution is 7.92. The molecule has 116 valence electrons. The quantitative estimate of drug-likeness (QED) is 0.807. The van der Waals surface area contributed by atoms with E-state index >= 15 is 0 Å². The van der Waals surface area contributed by atoms with Crippen LogP contribution in [0.25, 0.3) is 0 Å². The number of urea groups is 1. The Balaban J connectivity index is 2.25. The molecule has 2 aromatic rings. The van der Waals surface area contributed by atoms with Crippen molar-refractivity contribution in [1.29, 1.82) is 0 Å². The normalized spacial score (nSPS) is 11.0. The Kier molecular flexibility index (Phi) is 4.37. The van der Waals surface area contributed by atoms with Gasteiger partial charge in [0, 0.05) is 11.4 Å². The van der Waals surface area contributed by atoms with Gasteiger partial charge in [-0.25, -0.2) is 13.2 Å². The molecule has 2 rings (SSSR count). The van der Waals surface area contributed by atoms with Crippen molar-refractivity contribution in [3.63, 3.8) is 0 Å². The molecule has 2 aromatic carbocycles. The van der Waals surface area contributed by atoms with E-state index in [4.69, 9.17) is 5.73 Å². The number of nitrogens with two attached hydrogens (primary N) is 1. The summed E-state index contributed by atoms with van der Waals surface area (Å²) in [6.45, 7) is 3.58. The number of sulfonamides is 1.